The smallest absolute Gasteiger partial charge is 0.409 e. The largest absolute Gasteiger partial charge is 0.450 e. The first kappa shape index (κ1) is 19.9. The summed E-state index contributed by atoms with van der Waals surface area (Å²) in [5.74, 6) is 1.10. The van der Waals surface area contributed by atoms with E-state index in [1.54, 1.807) is 24.0 Å². The van der Waals surface area contributed by atoms with Gasteiger partial charge in [-0.3, -0.25) is 0 Å². The minimum Gasteiger partial charge on any atom is -0.450 e. The van der Waals surface area contributed by atoms with E-state index in [4.69, 9.17) is 14.7 Å². The number of piperazine rings is 1. The molecule has 0 bridgehead atoms. The minimum atomic E-state index is -0.279. The number of ether oxygens (including phenoxy) is 1. The lowest BCUT2D eigenvalue weighted by Gasteiger charge is -2.34. The van der Waals surface area contributed by atoms with Crippen molar-refractivity contribution < 1.29 is 13.9 Å². The Morgan fingerprint density at radius 3 is 2.53 bits per heavy atom. The van der Waals surface area contributed by atoms with Gasteiger partial charge < -0.3 is 19.9 Å². The van der Waals surface area contributed by atoms with E-state index in [9.17, 15) is 9.18 Å². The third-order valence-electron chi connectivity index (χ3n) is 5.05. The quantitative estimate of drug-likeness (QED) is 0.694. The predicted octanol–water partition coefficient (Wildman–Crippen LogP) is 3.66. The van der Waals surface area contributed by atoms with Gasteiger partial charge in [0.1, 0.15) is 11.6 Å². The van der Waals surface area contributed by atoms with Crippen molar-refractivity contribution in [2.75, 3.05) is 43.0 Å². The number of fused-ring (bicyclic) bond motifs is 1. The van der Waals surface area contributed by atoms with Gasteiger partial charge in [-0.1, -0.05) is 24.3 Å². The monoisotopic (exact) mass is 409 g/mol. The number of carbonyl (C=O) groups excluding carboxylic acids is 1. The number of anilines is 2. The number of rotatable bonds is 5. The van der Waals surface area contributed by atoms with Gasteiger partial charge in [-0.2, -0.15) is 4.98 Å². The molecule has 3 aromatic rings. The van der Waals surface area contributed by atoms with Gasteiger partial charge in [0.15, 0.2) is 0 Å². The molecule has 0 aliphatic carbocycles. The minimum absolute atomic E-state index is 0.254. The van der Waals surface area contributed by atoms with Gasteiger partial charge in [-0.15, -0.1) is 0 Å². The van der Waals surface area contributed by atoms with Crippen LogP contribution in [0.4, 0.5) is 21.0 Å². The molecule has 7 nitrogen and oxygen atoms in total. The molecule has 0 spiro atoms. The Bertz CT molecular complexity index is 1020. The second-order valence-corrected chi connectivity index (χ2v) is 7.04. The van der Waals surface area contributed by atoms with Crippen LogP contribution in [-0.4, -0.2) is 53.7 Å². The molecule has 156 valence electrons. The summed E-state index contributed by atoms with van der Waals surface area (Å²) < 4.78 is 18.2. The molecule has 0 saturated carbocycles. The van der Waals surface area contributed by atoms with E-state index >= 15 is 0 Å². The number of benzene rings is 2. The maximum atomic E-state index is 13.2. The highest BCUT2D eigenvalue weighted by Gasteiger charge is 2.24. The van der Waals surface area contributed by atoms with Gasteiger partial charge in [0.2, 0.25) is 5.95 Å². The molecule has 30 heavy (non-hydrogen) atoms. The normalized spacial score (nSPS) is 14.1. The summed E-state index contributed by atoms with van der Waals surface area (Å²) in [6.45, 7) is 5.09. The van der Waals surface area contributed by atoms with Gasteiger partial charge in [-0.25, -0.2) is 14.2 Å². The molecule has 1 fully saturated rings. The number of hydrogen-bond donors (Lipinski definition) is 1. The Kier molecular flexibility index (Phi) is 5.92. The Balaban J connectivity index is 1.53. The summed E-state index contributed by atoms with van der Waals surface area (Å²) in [5.41, 5.74) is 1.81. The van der Waals surface area contributed by atoms with Gasteiger partial charge in [0.05, 0.1) is 12.1 Å². The van der Waals surface area contributed by atoms with Crippen LogP contribution in [0.25, 0.3) is 10.9 Å². The van der Waals surface area contributed by atoms with Crippen molar-refractivity contribution in [3.8, 4) is 0 Å². The van der Waals surface area contributed by atoms with E-state index in [0.29, 0.717) is 45.3 Å². The first-order valence-corrected chi connectivity index (χ1v) is 10.1. The van der Waals surface area contributed by atoms with E-state index < -0.39 is 0 Å². The zero-order chi connectivity index (χ0) is 20.9. The number of nitrogens with zero attached hydrogens (tertiary/aromatic N) is 4. The number of carbonyl (C=O) groups is 1. The molecule has 1 amide bonds. The average Bonchev–Trinajstić information content (AvgIpc) is 2.78. The molecule has 0 atom stereocenters. The lowest BCUT2D eigenvalue weighted by molar-refractivity contribution is 0.105. The molecule has 1 N–H and O–H groups in total. The number of amides is 1. The summed E-state index contributed by atoms with van der Waals surface area (Å²) in [6, 6.07) is 14.2. The van der Waals surface area contributed by atoms with Crippen molar-refractivity contribution in [2.24, 2.45) is 0 Å². The first-order chi connectivity index (χ1) is 14.6. The highest BCUT2D eigenvalue weighted by atomic mass is 19.1. The summed E-state index contributed by atoms with van der Waals surface area (Å²) in [5, 5.41) is 4.29. The summed E-state index contributed by atoms with van der Waals surface area (Å²) in [4.78, 5) is 25.2. The molecule has 0 radical (unpaired) electrons. The average molecular weight is 409 g/mol. The van der Waals surface area contributed by atoms with E-state index in [0.717, 1.165) is 22.3 Å². The Hall–Kier alpha value is -3.42. The zero-order valence-electron chi connectivity index (χ0n) is 16.8. The van der Waals surface area contributed by atoms with Crippen LogP contribution in [-0.2, 0) is 11.3 Å². The van der Waals surface area contributed by atoms with E-state index in [1.165, 1.54) is 12.1 Å². The molecule has 0 unspecified atom stereocenters. The number of halogens is 1. The van der Waals surface area contributed by atoms with Crippen molar-refractivity contribution in [1.82, 2.24) is 14.9 Å². The summed E-state index contributed by atoms with van der Waals surface area (Å²) in [6.07, 6.45) is -0.279. The number of aromatic nitrogens is 2. The van der Waals surface area contributed by atoms with Crippen LogP contribution in [0.1, 0.15) is 12.5 Å². The maximum absolute atomic E-state index is 13.2. The molecule has 1 aliphatic heterocycles. The molecule has 8 heteroatoms. The third-order valence-corrected chi connectivity index (χ3v) is 5.05. The summed E-state index contributed by atoms with van der Waals surface area (Å²) in [7, 11) is 0. The second-order valence-electron chi connectivity index (χ2n) is 7.04. The Morgan fingerprint density at radius 2 is 1.80 bits per heavy atom. The first-order valence-electron chi connectivity index (χ1n) is 10.1. The zero-order valence-corrected chi connectivity index (χ0v) is 16.8. The molecular weight excluding hydrogens is 385 g/mol. The van der Waals surface area contributed by atoms with Crippen molar-refractivity contribution in [1.29, 1.82) is 0 Å². The Morgan fingerprint density at radius 1 is 1.07 bits per heavy atom. The predicted molar refractivity (Wildman–Crippen MR) is 114 cm³/mol. The van der Waals surface area contributed by atoms with Crippen LogP contribution >= 0.6 is 0 Å². The fourth-order valence-corrected chi connectivity index (χ4v) is 3.43. The lowest BCUT2D eigenvalue weighted by Crippen LogP contribution is -2.49. The maximum Gasteiger partial charge on any atom is 0.409 e. The molecule has 1 saturated heterocycles. The standard InChI is InChI=1S/C22H24FN5O2/c1-2-30-22(29)28-13-11-27(12-14-28)21-25-19-6-4-3-5-18(19)20(26-21)24-15-16-7-9-17(23)10-8-16/h3-10H,2,11-15H2,1H3,(H,24,25,26). The second kappa shape index (κ2) is 8.94. The topological polar surface area (TPSA) is 70.6 Å². The molecule has 4 rings (SSSR count). The summed E-state index contributed by atoms with van der Waals surface area (Å²) >= 11 is 0. The Labute approximate surface area is 174 Å². The van der Waals surface area contributed by atoms with Crippen molar-refractivity contribution >= 4 is 28.8 Å². The van der Waals surface area contributed by atoms with Crippen LogP contribution in [0.3, 0.4) is 0 Å². The van der Waals surface area contributed by atoms with Crippen LogP contribution in [0.2, 0.25) is 0 Å². The van der Waals surface area contributed by atoms with E-state index in [1.807, 2.05) is 24.3 Å². The number of hydrogen-bond acceptors (Lipinski definition) is 6. The molecule has 2 heterocycles. The van der Waals surface area contributed by atoms with Crippen LogP contribution in [0.15, 0.2) is 48.5 Å². The molecule has 1 aromatic heterocycles. The number of para-hydroxylation sites is 1. The van der Waals surface area contributed by atoms with Gasteiger partial charge in [0.25, 0.3) is 0 Å². The van der Waals surface area contributed by atoms with Gasteiger partial charge >= 0.3 is 6.09 Å². The molecule has 1 aliphatic rings. The fourth-order valence-electron chi connectivity index (χ4n) is 3.43. The fraction of sp³-hybridized carbons (Fsp3) is 0.318. The lowest BCUT2D eigenvalue weighted by atomic mass is 10.2. The molecule has 2 aromatic carbocycles. The van der Waals surface area contributed by atoms with Crippen LogP contribution < -0.4 is 10.2 Å². The highest BCUT2D eigenvalue weighted by molar-refractivity contribution is 5.90. The van der Waals surface area contributed by atoms with Gasteiger partial charge in [0, 0.05) is 38.1 Å². The van der Waals surface area contributed by atoms with Crippen molar-refractivity contribution in [3.05, 3.63) is 59.9 Å². The van der Waals surface area contributed by atoms with Crippen LogP contribution in [0.5, 0.6) is 0 Å². The van der Waals surface area contributed by atoms with E-state index in [-0.39, 0.29) is 11.9 Å². The van der Waals surface area contributed by atoms with Crippen LogP contribution in [0, 0.1) is 5.82 Å². The highest BCUT2D eigenvalue weighted by Crippen LogP contribution is 2.24. The third kappa shape index (κ3) is 4.42. The SMILES string of the molecule is CCOC(=O)N1CCN(c2nc(NCc3ccc(F)cc3)c3ccccc3n2)CC1. The number of nitrogens with one attached hydrogen (secondary N) is 1. The van der Waals surface area contributed by atoms with Gasteiger partial charge in [-0.05, 0) is 36.8 Å². The molecular formula is C22H24FN5O2. The van der Waals surface area contributed by atoms with Crippen molar-refractivity contribution in [3.63, 3.8) is 0 Å². The van der Waals surface area contributed by atoms with E-state index in [2.05, 4.69) is 10.2 Å². The van der Waals surface area contributed by atoms with Crippen molar-refractivity contribution in [2.45, 2.75) is 13.5 Å².